The zero-order valence-corrected chi connectivity index (χ0v) is 30.0. The lowest BCUT2D eigenvalue weighted by atomic mass is 9.82. The summed E-state index contributed by atoms with van der Waals surface area (Å²) >= 11 is 0. The number of aromatic nitrogens is 2. The Labute approximate surface area is 316 Å². The van der Waals surface area contributed by atoms with Crippen molar-refractivity contribution in [3.8, 4) is 45.0 Å². The van der Waals surface area contributed by atoms with Crippen LogP contribution < -0.4 is 0 Å². The van der Waals surface area contributed by atoms with E-state index in [9.17, 15) is 0 Å². The second kappa shape index (κ2) is 14.7. The maximum Gasteiger partial charge on any atom is 0.160 e. The van der Waals surface area contributed by atoms with E-state index in [-0.39, 0.29) is 12.0 Å². The van der Waals surface area contributed by atoms with Gasteiger partial charge in [0, 0.05) is 28.2 Å². The SMILES string of the molecule is CCC1C(c2ccccc2)=NC(c2ccccc2)=NC1c1ccc(-c2ccc3ccccc3c2-c2cc(-c3ccccc3)nc(-c3ccccc3)n2)cc1. The molecular weight excluding hydrogens is 657 g/mol. The monoisotopic (exact) mass is 694 g/mol. The van der Waals surface area contributed by atoms with Crippen LogP contribution in [0.4, 0.5) is 0 Å². The van der Waals surface area contributed by atoms with E-state index < -0.39 is 0 Å². The third kappa shape index (κ3) is 6.44. The predicted octanol–water partition coefficient (Wildman–Crippen LogP) is 12.3. The molecule has 1 aliphatic rings. The molecule has 8 aromatic rings. The third-order valence-corrected chi connectivity index (χ3v) is 10.3. The van der Waals surface area contributed by atoms with Crippen molar-refractivity contribution in [3.05, 3.63) is 205 Å². The molecule has 9 rings (SSSR count). The molecule has 0 fully saturated rings. The fraction of sp³-hybridized carbons (Fsp3) is 0.0800. The van der Waals surface area contributed by atoms with Crippen molar-refractivity contribution >= 4 is 22.3 Å². The number of amidine groups is 1. The van der Waals surface area contributed by atoms with E-state index in [2.05, 4.69) is 165 Å². The fourth-order valence-electron chi connectivity index (χ4n) is 7.63. The minimum atomic E-state index is -0.0771. The van der Waals surface area contributed by atoms with Crippen LogP contribution in [-0.4, -0.2) is 21.5 Å². The number of hydrogen-bond donors (Lipinski definition) is 0. The van der Waals surface area contributed by atoms with Gasteiger partial charge in [0.05, 0.1) is 23.1 Å². The van der Waals surface area contributed by atoms with Crippen LogP contribution in [0.2, 0.25) is 0 Å². The highest BCUT2D eigenvalue weighted by Crippen LogP contribution is 2.41. The largest absolute Gasteiger partial charge is 0.257 e. The lowest BCUT2D eigenvalue weighted by Gasteiger charge is -2.30. The highest BCUT2D eigenvalue weighted by molar-refractivity contribution is 6.15. The summed E-state index contributed by atoms with van der Waals surface area (Å²) in [5.74, 6) is 1.61. The van der Waals surface area contributed by atoms with E-state index in [1.165, 1.54) is 5.56 Å². The highest BCUT2D eigenvalue weighted by Gasteiger charge is 2.31. The Kier molecular flexibility index (Phi) is 9.00. The first kappa shape index (κ1) is 33.1. The van der Waals surface area contributed by atoms with Crippen LogP contribution >= 0.6 is 0 Å². The first-order valence-corrected chi connectivity index (χ1v) is 18.6. The van der Waals surface area contributed by atoms with Crippen molar-refractivity contribution in [2.45, 2.75) is 19.4 Å². The van der Waals surface area contributed by atoms with Gasteiger partial charge in [0.1, 0.15) is 0 Å². The van der Waals surface area contributed by atoms with Crippen molar-refractivity contribution < 1.29 is 0 Å². The predicted molar refractivity (Wildman–Crippen MR) is 224 cm³/mol. The number of benzene rings is 7. The first-order valence-electron chi connectivity index (χ1n) is 18.6. The molecular formula is C50H38N4. The van der Waals surface area contributed by atoms with Gasteiger partial charge in [-0.25, -0.2) is 15.0 Å². The molecule has 1 aromatic heterocycles. The Bertz CT molecular complexity index is 2560. The Morgan fingerprint density at radius 3 is 1.72 bits per heavy atom. The van der Waals surface area contributed by atoms with E-state index >= 15 is 0 Å². The molecule has 54 heavy (non-hydrogen) atoms. The number of aliphatic imine (C=N–C) groups is 2. The summed E-state index contributed by atoms with van der Waals surface area (Å²) in [5, 5.41) is 2.31. The summed E-state index contributed by atoms with van der Waals surface area (Å²) in [6.45, 7) is 2.24. The van der Waals surface area contributed by atoms with Crippen LogP contribution in [0.3, 0.4) is 0 Å². The zero-order chi connectivity index (χ0) is 36.3. The van der Waals surface area contributed by atoms with E-state index in [0.717, 1.165) is 79.1 Å². The van der Waals surface area contributed by atoms with Gasteiger partial charge in [-0.3, -0.25) is 4.99 Å². The average molecular weight is 695 g/mol. The van der Waals surface area contributed by atoms with Gasteiger partial charge in [-0.1, -0.05) is 189 Å². The number of fused-ring (bicyclic) bond motifs is 1. The lowest BCUT2D eigenvalue weighted by molar-refractivity contribution is 0.532. The maximum absolute atomic E-state index is 5.35. The highest BCUT2D eigenvalue weighted by atomic mass is 15.0. The van der Waals surface area contributed by atoms with Gasteiger partial charge in [-0.2, -0.15) is 0 Å². The third-order valence-electron chi connectivity index (χ3n) is 10.3. The van der Waals surface area contributed by atoms with Crippen molar-refractivity contribution in [2.24, 2.45) is 15.9 Å². The van der Waals surface area contributed by atoms with Crippen LogP contribution in [0.15, 0.2) is 198 Å². The molecule has 0 radical (unpaired) electrons. The van der Waals surface area contributed by atoms with E-state index in [1.807, 2.05) is 30.3 Å². The summed E-state index contributed by atoms with van der Waals surface area (Å²) in [6, 6.07) is 65.6. The smallest absolute Gasteiger partial charge is 0.160 e. The summed E-state index contributed by atoms with van der Waals surface area (Å²) in [4.78, 5) is 20.9. The lowest BCUT2D eigenvalue weighted by Crippen LogP contribution is -2.28. The fourth-order valence-corrected chi connectivity index (χ4v) is 7.63. The molecule has 258 valence electrons. The molecule has 4 nitrogen and oxygen atoms in total. The zero-order valence-electron chi connectivity index (χ0n) is 30.0. The van der Waals surface area contributed by atoms with Gasteiger partial charge >= 0.3 is 0 Å². The molecule has 0 aliphatic carbocycles. The van der Waals surface area contributed by atoms with Crippen LogP contribution in [-0.2, 0) is 0 Å². The Hall–Kier alpha value is -6.78. The molecule has 2 atom stereocenters. The molecule has 0 saturated heterocycles. The van der Waals surface area contributed by atoms with E-state index in [1.54, 1.807) is 0 Å². The molecule has 2 heterocycles. The normalized spacial score (nSPS) is 15.4. The standard InChI is InChI=1S/C50H38N4/c1-2-41-47(37-20-9-4-10-21-37)53-50(40-24-13-6-14-25-40)54-48(41)38-29-27-35(28-30-38)43-32-31-34-17-15-16-26-42(34)46(43)45-33-44(36-18-7-3-8-19-36)51-49(52-45)39-22-11-5-12-23-39/h3-33,41,48H,2H2,1H3. The Morgan fingerprint density at radius 2 is 1.06 bits per heavy atom. The molecule has 0 bridgehead atoms. The molecule has 0 saturated carbocycles. The van der Waals surface area contributed by atoms with Gasteiger partial charge < -0.3 is 0 Å². The number of nitrogens with zero attached hydrogens (tertiary/aromatic N) is 4. The molecule has 1 aliphatic heterocycles. The summed E-state index contributed by atoms with van der Waals surface area (Å²) in [6.07, 6.45) is 0.918. The van der Waals surface area contributed by atoms with Crippen LogP contribution in [0, 0.1) is 5.92 Å². The van der Waals surface area contributed by atoms with Crippen LogP contribution in [0.1, 0.15) is 36.1 Å². The van der Waals surface area contributed by atoms with E-state index in [4.69, 9.17) is 20.0 Å². The molecule has 0 spiro atoms. The van der Waals surface area contributed by atoms with Crippen LogP contribution in [0.5, 0.6) is 0 Å². The van der Waals surface area contributed by atoms with Crippen LogP contribution in [0.25, 0.3) is 55.8 Å². The summed E-state index contributed by atoms with van der Waals surface area (Å²) < 4.78 is 0. The topological polar surface area (TPSA) is 50.5 Å². The van der Waals surface area contributed by atoms with Gasteiger partial charge in [0.2, 0.25) is 0 Å². The Morgan fingerprint density at radius 1 is 0.481 bits per heavy atom. The van der Waals surface area contributed by atoms with Crippen molar-refractivity contribution in [2.75, 3.05) is 0 Å². The molecule has 4 heteroatoms. The molecule has 0 amide bonds. The molecule has 2 unspecified atom stereocenters. The number of hydrogen-bond acceptors (Lipinski definition) is 4. The quantitative estimate of drug-likeness (QED) is 0.159. The summed E-state index contributed by atoms with van der Waals surface area (Å²) in [7, 11) is 0. The average Bonchev–Trinajstić information content (AvgIpc) is 3.26. The van der Waals surface area contributed by atoms with Crippen molar-refractivity contribution in [3.63, 3.8) is 0 Å². The van der Waals surface area contributed by atoms with Gasteiger partial charge in [0.15, 0.2) is 11.7 Å². The first-order chi connectivity index (χ1) is 26.7. The summed E-state index contributed by atoms with van der Waals surface area (Å²) in [5.41, 5.74) is 11.6. The van der Waals surface area contributed by atoms with E-state index in [0.29, 0.717) is 5.82 Å². The minimum absolute atomic E-state index is 0.0771. The van der Waals surface area contributed by atoms with Crippen molar-refractivity contribution in [1.82, 2.24) is 9.97 Å². The van der Waals surface area contributed by atoms with Gasteiger partial charge in [-0.15, -0.1) is 0 Å². The second-order valence-electron chi connectivity index (χ2n) is 13.7. The number of rotatable bonds is 8. The maximum atomic E-state index is 5.35. The second-order valence-corrected chi connectivity index (χ2v) is 13.7. The molecule has 7 aromatic carbocycles. The minimum Gasteiger partial charge on any atom is -0.257 e. The van der Waals surface area contributed by atoms with Gasteiger partial charge in [-0.05, 0) is 45.5 Å². The van der Waals surface area contributed by atoms with Crippen molar-refractivity contribution in [1.29, 1.82) is 0 Å². The van der Waals surface area contributed by atoms with Gasteiger partial charge in [0.25, 0.3) is 0 Å². The molecule has 0 N–H and O–H groups in total. The Balaban J connectivity index is 1.18.